The van der Waals surface area contributed by atoms with E-state index in [2.05, 4.69) is 15.3 Å². The lowest BCUT2D eigenvalue weighted by molar-refractivity contribution is -0.141. The summed E-state index contributed by atoms with van der Waals surface area (Å²) in [5, 5.41) is 1.99. The zero-order valence-electron chi connectivity index (χ0n) is 16.4. The van der Waals surface area contributed by atoms with Gasteiger partial charge in [-0.3, -0.25) is 4.79 Å². The highest BCUT2D eigenvalue weighted by Gasteiger charge is 2.34. The highest BCUT2D eigenvalue weighted by molar-refractivity contribution is 8.00. The number of anilines is 1. The molecule has 0 aliphatic rings. The van der Waals surface area contributed by atoms with Gasteiger partial charge < -0.3 is 5.32 Å². The van der Waals surface area contributed by atoms with Crippen LogP contribution < -0.4 is 5.32 Å². The molecule has 0 saturated carbocycles. The Labute approximate surface area is 177 Å². The molecule has 0 aliphatic carbocycles. The van der Waals surface area contributed by atoms with Crippen LogP contribution in [0.4, 0.5) is 18.9 Å². The van der Waals surface area contributed by atoms with E-state index in [0.29, 0.717) is 11.3 Å². The van der Waals surface area contributed by atoms with Crippen LogP contribution in [0.25, 0.3) is 11.3 Å². The van der Waals surface area contributed by atoms with Crippen molar-refractivity contribution in [1.82, 2.24) is 9.97 Å². The number of halogens is 3. The molecule has 0 saturated heterocycles. The van der Waals surface area contributed by atoms with E-state index in [1.807, 2.05) is 25.1 Å². The number of aromatic nitrogens is 2. The van der Waals surface area contributed by atoms with Crippen LogP contribution in [-0.2, 0) is 17.4 Å². The van der Waals surface area contributed by atoms with Crippen LogP contribution in [0, 0.1) is 0 Å². The molecule has 0 spiro atoms. The van der Waals surface area contributed by atoms with Gasteiger partial charge in [0.2, 0.25) is 5.91 Å². The van der Waals surface area contributed by atoms with E-state index in [4.69, 9.17) is 0 Å². The number of amides is 1. The molecule has 1 aromatic heterocycles. The average molecular weight is 431 g/mol. The van der Waals surface area contributed by atoms with Gasteiger partial charge in [0.1, 0.15) is 5.69 Å². The molecule has 3 rings (SSSR count). The van der Waals surface area contributed by atoms with Crippen LogP contribution in [0.1, 0.15) is 25.1 Å². The molecule has 0 unspecified atom stereocenters. The average Bonchev–Trinajstić information content (AvgIpc) is 2.73. The van der Waals surface area contributed by atoms with Crippen molar-refractivity contribution in [2.75, 3.05) is 5.32 Å². The van der Waals surface area contributed by atoms with Crippen molar-refractivity contribution >= 4 is 23.4 Å². The van der Waals surface area contributed by atoms with Crippen LogP contribution in [0.3, 0.4) is 0 Å². The third-order valence-corrected chi connectivity index (χ3v) is 5.28. The zero-order valence-corrected chi connectivity index (χ0v) is 17.2. The van der Waals surface area contributed by atoms with Crippen molar-refractivity contribution in [3.63, 3.8) is 0 Å². The number of benzene rings is 2. The number of alkyl halides is 3. The van der Waals surface area contributed by atoms with E-state index >= 15 is 0 Å². The molecule has 30 heavy (non-hydrogen) atoms. The second kappa shape index (κ2) is 9.30. The Hall–Kier alpha value is -2.87. The first-order valence-electron chi connectivity index (χ1n) is 9.34. The Morgan fingerprint density at radius 2 is 1.80 bits per heavy atom. The number of hydrogen-bond donors (Lipinski definition) is 1. The minimum atomic E-state index is -4.62. The highest BCUT2D eigenvalue weighted by Crippen LogP contribution is 2.33. The number of carbonyl (C=O) groups excluding carboxylic acids is 1. The summed E-state index contributed by atoms with van der Waals surface area (Å²) in [6, 6.07) is 16.9. The molecule has 1 atom stereocenters. The van der Waals surface area contributed by atoms with Crippen LogP contribution in [0.15, 0.2) is 65.8 Å². The fraction of sp³-hybridized carbons (Fsp3) is 0.227. The minimum absolute atomic E-state index is 0.103. The molecular weight excluding hydrogens is 411 g/mol. The number of carbonyl (C=O) groups is 1. The van der Waals surface area contributed by atoms with E-state index in [1.165, 1.54) is 0 Å². The lowest BCUT2D eigenvalue weighted by Crippen LogP contribution is -2.23. The highest BCUT2D eigenvalue weighted by atomic mass is 32.2. The standard InChI is InChI=1S/C22H20F3N3OS/c1-3-15-8-7-11-17(12-15)26-20(29)14(2)30-21-27-18(16-9-5-4-6-10-16)13-19(28-21)22(23,24)25/h4-14H,3H2,1-2H3,(H,26,29)/t14-/m0/s1. The summed E-state index contributed by atoms with van der Waals surface area (Å²) in [6.07, 6.45) is -3.79. The third-order valence-electron chi connectivity index (χ3n) is 4.32. The van der Waals surface area contributed by atoms with Gasteiger partial charge in [-0.15, -0.1) is 0 Å². The molecule has 0 bridgehead atoms. The minimum Gasteiger partial charge on any atom is -0.325 e. The van der Waals surface area contributed by atoms with Crippen molar-refractivity contribution in [2.24, 2.45) is 0 Å². The van der Waals surface area contributed by atoms with Crippen LogP contribution in [0.5, 0.6) is 0 Å². The number of aryl methyl sites for hydroxylation is 1. The number of nitrogens with zero attached hydrogens (tertiary/aromatic N) is 2. The van der Waals surface area contributed by atoms with Gasteiger partial charge in [0.25, 0.3) is 0 Å². The number of hydrogen-bond acceptors (Lipinski definition) is 4. The van der Waals surface area contributed by atoms with Gasteiger partial charge in [-0.2, -0.15) is 13.2 Å². The summed E-state index contributed by atoms with van der Waals surface area (Å²) in [7, 11) is 0. The molecule has 0 fully saturated rings. The summed E-state index contributed by atoms with van der Waals surface area (Å²) in [6.45, 7) is 3.62. The SMILES string of the molecule is CCc1cccc(NC(=O)[C@H](C)Sc2nc(-c3ccccc3)cc(C(F)(F)F)n2)c1. The Morgan fingerprint density at radius 1 is 1.07 bits per heavy atom. The number of thioether (sulfide) groups is 1. The predicted octanol–water partition coefficient (Wildman–Crippen LogP) is 5.84. The van der Waals surface area contributed by atoms with E-state index in [1.54, 1.807) is 43.3 Å². The number of rotatable bonds is 6. The van der Waals surface area contributed by atoms with Gasteiger partial charge in [-0.25, -0.2) is 9.97 Å². The van der Waals surface area contributed by atoms with Gasteiger partial charge in [0.05, 0.1) is 10.9 Å². The largest absolute Gasteiger partial charge is 0.433 e. The van der Waals surface area contributed by atoms with Gasteiger partial charge in [0, 0.05) is 11.3 Å². The smallest absolute Gasteiger partial charge is 0.325 e. The lowest BCUT2D eigenvalue weighted by atomic mass is 10.1. The first-order valence-corrected chi connectivity index (χ1v) is 10.2. The summed E-state index contributed by atoms with van der Waals surface area (Å²) >= 11 is 0.886. The Balaban J connectivity index is 1.83. The van der Waals surface area contributed by atoms with Crippen molar-refractivity contribution in [3.05, 3.63) is 71.9 Å². The van der Waals surface area contributed by atoms with Gasteiger partial charge in [0.15, 0.2) is 5.16 Å². The predicted molar refractivity (Wildman–Crippen MR) is 112 cm³/mol. The van der Waals surface area contributed by atoms with Gasteiger partial charge in [-0.1, -0.05) is 61.2 Å². The molecule has 8 heteroatoms. The van der Waals surface area contributed by atoms with Crippen LogP contribution in [-0.4, -0.2) is 21.1 Å². The molecule has 0 radical (unpaired) electrons. The Bertz CT molecular complexity index is 1030. The molecule has 1 N–H and O–H groups in total. The van der Waals surface area contributed by atoms with Gasteiger partial charge in [-0.05, 0) is 37.1 Å². The molecule has 1 amide bonds. The number of nitrogens with one attached hydrogen (secondary N) is 1. The maximum atomic E-state index is 13.3. The van der Waals surface area contributed by atoms with E-state index < -0.39 is 17.1 Å². The van der Waals surface area contributed by atoms with Crippen molar-refractivity contribution < 1.29 is 18.0 Å². The first-order chi connectivity index (χ1) is 14.3. The second-order valence-electron chi connectivity index (χ2n) is 6.59. The molecule has 3 aromatic rings. The molecule has 156 valence electrons. The molecule has 0 aliphatic heterocycles. The fourth-order valence-electron chi connectivity index (χ4n) is 2.70. The van der Waals surface area contributed by atoms with Crippen molar-refractivity contribution in [3.8, 4) is 11.3 Å². The normalized spacial score (nSPS) is 12.4. The molecule has 1 heterocycles. The quantitative estimate of drug-likeness (QED) is 0.393. The Kier molecular flexibility index (Phi) is 6.77. The van der Waals surface area contributed by atoms with Crippen LogP contribution in [0.2, 0.25) is 0 Å². The maximum absolute atomic E-state index is 13.3. The first kappa shape index (κ1) is 21.8. The molecule has 4 nitrogen and oxygen atoms in total. The fourth-order valence-corrected chi connectivity index (χ4v) is 3.49. The van der Waals surface area contributed by atoms with Gasteiger partial charge >= 0.3 is 6.18 Å². The second-order valence-corrected chi connectivity index (χ2v) is 7.90. The van der Waals surface area contributed by atoms with E-state index in [-0.39, 0.29) is 16.8 Å². The summed E-state index contributed by atoms with van der Waals surface area (Å²) in [5.74, 6) is -0.337. The van der Waals surface area contributed by atoms with E-state index in [9.17, 15) is 18.0 Å². The summed E-state index contributed by atoms with van der Waals surface area (Å²) in [4.78, 5) is 20.4. The molecule has 2 aromatic carbocycles. The Morgan fingerprint density at radius 3 is 2.47 bits per heavy atom. The molecular formula is C22H20F3N3OS. The monoisotopic (exact) mass is 431 g/mol. The zero-order chi connectivity index (χ0) is 21.7. The topological polar surface area (TPSA) is 54.9 Å². The lowest BCUT2D eigenvalue weighted by Gasteiger charge is -2.14. The third kappa shape index (κ3) is 5.60. The maximum Gasteiger partial charge on any atom is 0.433 e. The summed E-state index contributed by atoms with van der Waals surface area (Å²) in [5.41, 5.74) is 1.37. The summed E-state index contributed by atoms with van der Waals surface area (Å²) < 4.78 is 40.0. The van der Waals surface area contributed by atoms with E-state index in [0.717, 1.165) is 29.8 Å². The van der Waals surface area contributed by atoms with Crippen molar-refractivity contribution in [2.45, 2.75) is 36.9 Å². The van der Waals surface area contributed by atoms with Crippen LogP contribution >= 0.6 is 11.8 Å². The van der Waals surface area contributed by atoms with Crippen molar-refractivity contribution in [1.29, 1.82) is 0 Å².